The van der Waals surface area contributed by atoms with Crippen LogP contribution in [0.5, 0.6) is 23.0 Å². The summed E-state index contributed by atoms with van der Waals surface area (Å²) in [6, 6.07) is 3.58. The van der Waals surface area contributed by atoms with Gasteiger partial charge in [-0.25, -0.2) is 0 Å². The monoisotopic (exact) mass is 207 g/mol. The number of nitrogens with zero attached hydrogens (tertiary/aromatic N) is 1. The van der Waals surface area contributed by atoms with Crippen molar-refractivity contribution in [3.05, 3.63) is 11.6 Å². The third-order valence-electron chi connectivity index (χ3n) is 2.10. The molecule has 2 rings (SSSR count). The van der Waals surface area contributed by atoms with E-state index in [4.69, 9.17) is 24.2 Å². The summed E-state index contributed by atoms with van der Waals surface area (Å²) >= 11 is 0. The lowest BCUT2D eigenvalue weighted by Gasteiger charge is -2.10. The first-order valence-corrected chi connectivity index (χ1v) is 4.26. The van der Waals surface area contributed by atoms with Crippen molar-refractivity contribution in [2.75, 3.05) is 21.0 Å². The fourth-order valence-electron chi connectivity index (χ4n) is 1.47. The molecule has 0 unspecified atom stereocenters. The van der Waals surface area contributed by atoms with Gasteiger partial charge in [-0.15, -0.1) is 0 Å². The van der Waals surface area contributed by atoms with Gasteiger partial charge in [0, 0.05) is 6.07 Å². The Hall–Kier alpha value is -2.09. The van der Waals surface area contributed by atoms with Gasteiger partial charge in [0.2, 0.25) is 18.3 Å². The standard InChI is InChI=1S/C10H9NO4/c1-12-8-6(4-11)3-7-9(10(8)13-2)15-5-14-7/h3H,5H2,1-2H3. The second-order valence-corrected chi connectivity index (χ2v) is 2.84. The summed E-state index contributed by atoms with van der Waals surface area (Å²) in [5, 5.41) is 8.92. The van der Waals surface area contributed by atoms with Crippen LogP contribution in [-0.2, 0) is 0 Å². The van der Waals surface area contributed by atoms with Crippen molar-refractivity contribution < 1.29 is 18.9 Å². The van der Waals surface area contributed by atoms with E-state index in [0.717, 1.165) is 0 Å². The number of methoxy groups -OCH3 is 2. The van der Waals surface area contributed by atoms with Crippen molar-refractivity contribution in [3.8, 4) is 29.1 Å². The number of hydrogen-bond acceptors (Lipinski definition) is 5. The second-order valence-electron chi connectivity index (χ2n) is 2.84. The van der Waals surface area contributed by atoms with Gasteiger partial charge in [-0.3, -0.25) is 0 Å². The molecule has 5 heteroatoms. The summed E-state index contributed by atoms with van der Waals surface area (Å²) in [6.07, 6.45) is 0. The first-order valence-electron chi connectivity index (χ1n) is 4.26. The number of ether oxygens (including phenoxy) is 4. The lowest BCUT2D eigenvalue weighted by molar-refractivity contribution is 0.170. The van der Waals surface area contributed by atoms with Crippen molar-refractivity contribution in [2.24, 2.45) is 0 Å². The smallest absolute Gasteiger partial charge is 0.231 e. The van der Waals surface area contributed by atoms with Crippen molar-refractivity contribution >= 4 is 0 Å². The van der Waals surface area contributed by atoms with E-state index in [1.807, 2.05) is 6.07 Å². The molecule has 0 spiro atoms. The topological polar surface area (TPSA) is 60.7 Å². The summed E-state index contributed by atoms with van der Waals surface area (Å²) in [7, 11) is 2.96. The van der Waals surface area contributed by atoms with Gasteiger partial charge in [0.1, 0.15) is 11.6 Å². The summed E-state index contributed by atoms with van der Waals surface area (Å²) in [4.78, 5) is 0. The largest absolute Gasteiger partial charge is 0.491 e. The molecule has 0 N–H and O–H groups in total. The van der Waals surface area contributed by atoms with E-state index in [2.05, 4.69) is 0 Å². The summed E-state index contributed by atoms with van der Waals surface area (Å²) < 4.78 is 20.6. The second kappa shape index (κ2) is 3.58. The molecule has 1 aliphatic heterocycles. The molecule has 0 saturated carbocycles. The number of nitriles is 1. The zero-order chi connectivity index (χ0) is 10.8. The molecule has 1 heterocycles. The van der Waals surface area contributed by atoms with Gasteiger partial charge in [0.05, 0.1) is 14.2 Å². The zero-order valence-corrected chi connectivity index (χ0v) is 8.36. The van der Waals surface area contributed by atoms with E-state index in [9.17, 15) is 0 Å². The summed E-state index contributed by atoms with van der Waals surface area (Å²) in [5.74, 6) is 1.74. The predicted octanol–water partition coefficient (Wildman–Crippen LogP) is 1.30. The van der Waals surface area contributed by atoms with E-state index in [0.29, 0.717) is 28.6 Å². The molecule has 0 radical (unpaired) electrons. The molecule has 0 bridgehead atoms. The predicted molar refractivity (Wildman–Crippen MR) is 50.4 cm³/mol. The third-order valence-corrected chi connectivity index (χ3v) is 2.10. The van der Waals surface area contributed by atoms with Crippen LogP contribution >= 0.6 is 0 Å². The van der Waals surface area contributed by atoms with Crippen LogP contribution in [0.25, 0.3) is 0 Å². The van der Waals surface area contributed by atoms with Gasteiger partial charge in [-0.2, -0.15) is 5.26 Å². The van der Waals surface area contributed by atoms with Crippen molar-refractivity contribution in [3.63, 3.8) is 0 Å². The van der Waals surface area contributed by atoms with Crippen LogP contribution in [0.4, 0.5) is 0 Å². The third kappa shape index (κ3) is 1.31. The van der Waals surface area contributed by atoms with Gasteiger partial charge < -0.3 is 18.9 Å². The highest BCUT2D eigenvalue weighted by atomic mass is 16.7. The first kappa shape index (κ1) is 9.46. The molecule has 1 aromatic carbocycles. The fraction of sp³-hybridized carbons (Fsp3) is 0.300. The lowest BCUT2D eigenvalue weighted by Crippen LogP contribution is -1.96. The average Bonchev–Trinajstić information content (AvgIpc) is 2.73. The number of benzene rings is 1. The van der Waals surface area contributed by atoms with Crippen molar-refractivity contribution in [1.29, 1.82) is 5.26 Å². The molecule has 78 valence electrons. The highest BCUT2D eigenvalue weighted by Gasteiger charge is 2.25. The lowest BCUT2D eigenvalue weighted by atomic mass is 10.1. The maximum atomic E-state index is 8.92. The zero-order valence-electron chi connectivity index (χ0n) is 8.36. The minimum absolute atomic E-state index is 0.129. The van der Waals surface area contributed by atoms with Crippen LogP contribution in [0, 0.1) is 11.3 Å². The SMILES string of the molecule is COc1c(C#N)cc2c(c1OC)OCO2. The van der Waals surface area contributed by atoms with Gasteiger partial charge in [0.25, 0.3) is 0 Å². The maximum absolute atomic E-state index is 8.92. The first-order chi connectivity index (χ1) is 7.31. The molecule has 1 aromatic rings. The fourth-order valence-corrected chi connectivity index (χ4v) is 1.47. The highest BCUT2D eigenvalue weighted by molar-refractivity contribution is 5.66. The van der Waals surface area contributed by atoms with Gasteiger partial charge in [0.15, 0.2) is 11.5 Å². The van der Waals surface area contributed by atoms with Crippen LogP contribution in [-0.4, -0.2) is 21.0 Å². The molecule has 0 amide bonds. The van der Waals surface area contributed by atoms with E-state index >= 15 is 0 Å². The van der Waals surface area contributed by atoms with Crippen molar-refractivity contribution in [2.45, 2.75) is 0 Å². The quantitative estimate of drug-likeness (QED) is 0.731. The minimum Gasteiger partial charge on any atom is -0.491 e. The molecule has 0 aromatic heterocycles. The number of hydrogen-bond donors (Lipinski definition) is 0. The van der Waals surface area contributed by atoms with E-state index in [1.165, 1.54) is 14.2 Å². The van der Waals surface area contributed by atoms with E-state index < -0.39 is 0 Å². The molecule has 0 saturated heterocycles. The Morgan fingerprint density at radius 3 is 2.60 bits per heavy atom. The van der Waals surface area contributed by atoms with Gasteiger partial charge in [-0.1, -0.05) is 0 Å². The Balaban J connectivity index is 2.68. The molecule has 15 heavy (non-hydrogen) atoms. The Bertz CT molecular complexity index is 436. The molecule has 0 aliphatic carbocycles. The van der Waals surface area contributed by atoms with E-state index in [1.54, 1.807) is 6.07 Å². The van der Waals surface area contributed by atoms with Gasteiger partial charge >= 0.3 is 0 Å². The van der Waals surface area contributed by atoms with Crippen LogP contribution in [0.2, 0.25) is 0 Å². The van der Waals surface area contributed by atoms with Crippen molar-refractivity contribution in [1.82, 2.24) is 0 Å². The Morgan fingerprint density at radius 1 is 1.27 bits per heavy atom. The Morgan fingerprint density at radius 2 is 2.00 bits per heavy atom. The molecule has 0 atom stereocenters. The van der Waals surface area contributed by atoms with Crippen LogP contribution in [0.3, 0.4) is 0 Å². The van der Waals surface area contributed by atoms with Crippen LogP contribution in [0.15, 0.2) is 6.07 Å². The molecule has 1 aliphatic rings. The Labute approximate surface area is 86.7 Å². The maximum Gasteiger partial charge on any atom is 0.231 e. The molecule has 0 fully saturated rings. The normalized spacial score (nSPS) is 12.1. The Kier molecular flexibility index (Phi) is 2.26. The number of rotatable bonds is 2. The minimum atomic E-state index is 0.129. The molecular formula is C10H9NO4. The molecule has 5 nitrogen and oxygen atoms in total. The molecular weight excluding hydrogens is 198 g/mol. The summed E-state index contributed by atoms with van der Waals surface area (Å²) in [5.41, 5.74) is 0.360. The average molecular weight is 207 g/mol. The van der Waals surface area contributed by atoms with E-state index in [-0.39, 0.29) is 6.79 Å². The summed E-state index contributed by atoms with van der Waals surface area (Å²) in [6.45, 7) is 0.129. The van der Waals surface area contributed by atoms with Gasteiger partial charge in [-0.05, 0) is 0 Å². The number of fused-ring (bicyclic) bond motifs is 1. The van der Waals surface area contributed by atoms with Crippen LogP contribution < -0.4 is 18.9 Å². The van der Waals surface area contributed by atoms with Crippen LogP contribution in [0.1, 0.15) is 5.56 Å². The highest BCUT2D eigenvalue weighted by Crippen LogP contribution is 2.48.